The molecule has 1 aromatic heterocycles. The van der Waals surface area contributed by atoms with Crippen LogP contribution in [0.4, 0.5) is 0 Å². The van der Waals surface area contributed by atoms with Gasteiger partial charge < -0.3 is 9.88 Å². The van der Waals surface area contributed by atoms with Crippen LogP contribution >= 0.6 is 0 Å². The molecular formula is C19H23N3O. The smallest absolute Gasteiger partial charge is 0.246 e. The van der Waals surface area contributed by atoms with Crippen LogP contribution in [0.3, 0.4) is 0 Å². The average molecular weight is 309 g/mol. The fourth-order valence-electron chi connectivity index (χ4n) is 2.42. The van der Waals surface area contributed by atoms with Gasteiger partial charge in [-0.2, -0.15) is 0 Å². The summed E-state index contributed by atoms with van der Waals surface area (Å²) in [5, 5.41) is 2.87. The second-order valence-corrected chi connectivity index (χ2v) is 5.60. The predicted molar refractivity (Wildman–Crippen MR) is 93.0 cm³/mol. The van der Waals surface area contributed by atoms with Gasteiger partial charge in [0.15, 0.2) is 0 Å². The molecule has 1 aromatic carbocycles. The zero-order chi connectivity index (χ0) is 16.8. The number of benzene rings is 1. The van der Waals surface area contributed by atoms with Crippen LogP contribution in [0.5, 0.6) is 0 Å². The number of nitrogens with zero attached hydrogens (tertiary/aromatic N) is 2. The normalized spacial score (nSPS) is 10.3. The molecule has 0 aliphatic rings. The summed E-state index contributed by atoms with van der Waals surface area (Å²) >= 11 is 0. The Morgan fingerprint density at radius 3 is 2.65 bits per heavy atom. The number of allylic oxidation sites excluding steroid dienone is 1. The van der Waals surface area contributed by atoms with Crippen LogP contribution < -0.4 is 5.32 Å². The SMILES string of the molecule is C=CCc1nc(CNC(=O)C(=C)C)c(Cc2ccccc2)n1C. The predicted octanol–water partition coefficient (Wildman–Crippen LogP) is 2.93. The van der Waals surface area contributed by atoms with Gasteiger partial charge in [-0.15, -0.1) is 6.58 Å². The topological polar surface area (TPSA) is 46.9 Å². The fraction of sp³-hybridized carbons (Fsp3) is 0.263. The van der Waals surface area contributed by atoms with E-state index in [0.717, 1.165) is 23.6 Å². The number of rotatable bonds is 7. The van der Waals surface area contributed by atoms with Crippen LogP contribution in [0.2, 0.25) is 0 Å². The van der Waals surface area contributed by atoms with Crippen molar-refractivity contribution in [3.63, 3.8) is 0 Å². The third-order valence-corrected chi connectivity index (χ3v) is 3.73. The number of imidazole rings is 1. The summed E-state index contributed by atoms with van der Waals surface area (Å²) in [4.78, 5) is 16.4. The van der Waals surface area contributed by atoms with Gasteiger partial charge in [-0.05, 0) is 12.5 Å². The van der Waals surface area contributed by atoms with E-state index in [2.05, 4.69) is 40.2 Å². The molecule has 0 aliphatic carbocycles. The van der Waals surface area contributed by atoms with Crippen LogP contribution in [0.1, 0.15) is 29.7 Å². The molecule has 0 unspecified atom stereocenters. The van der Waals surface area contributed by atoms with Crippen LogP contribution in [0.25, 0.3) is 0 Å². The summed E-state index contributed by atoms with van der Waals surface area (Å²) in [6.45, 7) is 9.54. The molecule has 0 radical (unpaired) electrons. The standard InChI is InChI=1S/C19H23N3O/c1-5-9-18-21-16(13-20-19(23)14(2)3)17(22(18)4)12-15-10-7-6-8-11-15/h5-8,10-11H,1-2,9,12-13H2,3-4H3,(H,20,23). The molecular weight excluding hydrogens is 286 g/mol. The summed E-state index contributed by atoms with van der Waals surface area (Å²) in [5.74, 6) is 0.803. The number of hydrogen-bond acceptors (Lipinski definition) is 2. The van der Waals surface area contributed by atoms with Gasteiger partial charge in [-0.3, -0.25) is 4.79 Å². The highest BCUT2D eigenvalue weighted by molar-refractivity contribution is 5.91. The monoisotopic (exact) mass is 309 g/mol. The van der Waals surface area contributed by atoms with Gasteiger partial charge in [0.1, 0.15) is 5.82 Å². The molecule has 0 spiro atoms. The summed E-state index contributed by atoms with van der Waals surface area (Å²) in [6, 6.07) is 10.2. The third-order valence-electron chi connectivity index (χ3n) is 3.73. The largest absolute Gasteiger partial charge is 0.347 e. The Morgan fingerprint density at radius 1 is 1.35 bits per heavy atom. The first-order valence-electron chi connectivity index (χ1n) is 7.64. The molecule has 23 heavy (non-hydrogen) atoms. The van der Waals surface area contributed by atoms with Crippen LogP contribution in [0.15, 0.2) is 55.1 Å². The zero-order valence-electron chi connectivity index (χ0n) is 13.8. The molecule has 120 valence electrons. The van der Waals surface area contributed by atoms with E-state index in [0.29, 0.717) is 18.5 Å². The van der Waals surface area contributed by atoms with Crippen LogP contribution in [-0.2, 0) is 31.2 Å². The highest BCUT2D eigenvalue weighted by atomic mass is 16.1. The summed E-state index contributed by atoms with van der Waals surface area (Å²) < 4.78 is 2.09. The second-order valence-electron chi connectivity index (χ2n) is 5.60. The minimum absolute atomic E-state index is 0.147. The van der Waals surface area contributed by atoms with Crippen molar-refractivity contribution >= 4 is 5.91 Å². The lowest BCUT2D eigenvalue weighted by molar-refractivity contribution is -0.117. The minimum Gasteiger partial charge on any atom is -0.347 e. The zero-order valence-corrected chi connectivity index (χ0v) is 13.8. The number of aromatic nitrogens is 2. The highest BCUT2D eigenvalue weighted by Crippen LogP contribution is 2.16. The van der Waals surface area contributed by atoms with Crippen molar-refractivity contribution in [1.29, 1.82) is 0 Å². The van der Waals surface area contributed by atoms with Crippen molar-refractivity contribution in [2.75, 3.05) is 0 Å². The molecule has 0 saturated heterocycles. The number of carbonyl (C=O) groups is 1. The van der Waals surface area contributed by atoms with E-state index in [-0.39, 0.29) is 5.91 Å². The highest BCUT2D eigenvalue weighted by Gasteiger charge is 2.15. The van der Waals surface area contributed by atoms with Crippen molar-refractivity contribution in [3.8, 4) is 0 Å². The maximum absolute atomic E-state index is 11.7. The van der Waals surface area contributed by atoms with Gasteiger partial charge >= 0.3 is 0 Å². The Balaban J connectivity index is 2.28. The third kappa shape index (κ3) is 4.19. The number of carbonyl (C=O) groups excluding carboxylic acids is 1. The average Bonchev–Trinajstić information content (AvgIpc) is 2.83. The Hall–Kier alpha value is -2.62. The lowest BCUT2D eigenvalue weighted by Gasteiger charge is -2.08. The van der Waals surface area contributed by atoms with E-state index >= 15 is 0 Å². The van der Waals surface area contributed by atoms with Crippen molar-refractivity contribution in [1.82, 2.24) is 14.9 Å². The lowest BCUT2D eigenvalue weighted by atomic mass is 10.1. The quantitative estimate of drug-likeness (QED) is 0.631. The van der Waals surface area contributed by atoms with Crippen LogP contribution in [0, 0.1) is 0 Å². The van der Waals surface area contributed by atoms with Crippen molar-refractivity contribution in [3.05, 3.63) is 77.9 Å². The van der Waals surface area contributed by atoms with E-state index in [1.807, 2.05) is 31.3 Å². The molecule has 0 aliphatic heterocycles. The number of amides is 1. The molecule has 4 heteroatoms. The van der Waals surface area contributed by atoms with E-state index in [1.54, 1.807) is 6.92 Å². The number of hydrogen-bond donors (Lipinski definition) is 1. The Kier molecular flexibility index (Phi) is 5.52. The number of nitrogens with one attached hydrogen (secondary N) is 1. The van der Waals surface area contributed by atoms with Crippen LogP contribution in [-0.4, -0.2) is 15.5 Å². The maximum Gasteiger partial charge on any atom is 0.246 e. The minimum atomic E-state index is -0.147. The summed E-state index contributed by atoms with van der Waals surface area (Å²) in [7, 11) is 2.01. The Bertz CT molecular complexity index is 714. The molecule has 1 amide bonds. The second kappa shape index (κ2) is 7.58. The molecule has 1 N–H and O–H groups in total. The Morgan fingerprint density at radius 2 is 2.04 bits per heavy atom. The van der Waals surface area contributed by atoms with Crippen molar-refractivity contribution in [2.45, 2.75) is 26.3 Å². The molecule has 0 fully saturated rings. The molecule has 0 bridgehead atoms. The molecule has 1 heterocycles. The molecule has 0 atom stereocenters. The van der Waals surface area contributed by atoms with E-state index in [1.165, 1.54) is 5.56 Å². The maximum atomic E-state index is 11.7. The first-order chi connectivity index (χ1) is 11.0. The van der Waals surface area contributed by atoms with Crippen molar-refractivity contribution < 1.29 is 4.79 Å². The summed E-state index contributed by atoms with van der Waals surface area (Å²) in [6.07, 6.45) is 3.32. The molecule has 2 aromatic rings. The first-order valence-corrected chi connectivity index (χ1v) is 7.64. The lowest BCUT2D eigenvalue weighted by Crippen LogP contribution is -2.24. The van der Waals surface area contributed by atoms with E-state index in [4.69, 9.17) is 0 Å². The van der Waals surface area contributed by atoms with E-state index in [9.17, 15) is 4.79 Å². The molecule has 0 saturated carbocycles. The van der Waals surface area contributed by atoms with Gasteiger partial charge in [0.05, 0.1) is 12.2 Å². The molecule has 2 rings (SSSR count). The first kappa shape index (κ1) is 16.7. The molecule has 4 nitrogen and oxygen atoms in total. The fourth-order valence-corrected chi connectivity index (χ4v) is 2.42. The van der Waals surface area contributed by atoms with Gasteiger partial charge in [0.2, 0.25) is 5.91 Å². The Labute approximate surface area is 137 Å². The van der Waals surface area contributed by atoms with E-state index < -0.39 is 0 Å². The van der Waals surface area contributed by atoms with Gasteiger partial charge in [-0.25, -0.2) is 4.98 Å². The van der Waals surface area contributed by atoms with Crippen molar-refractivity contribution in [2.24, 2.45) is 7.05 Å². The van der Waals surface area contributed by atoms with Gasteiger partial charge in [0, 0.05) is 31.2 Å². The van der Waals surface area contributed by atoms with Gasteiger partial charge in [0.25, 0.3) is 0 Å². The van der Waals surface area contributed by atoms with Gasteiger partial charge in [-0.1, -0.05) is 43.0 Å². The summed E-state index contributed by atoms with van der Waals surface area (Å²) in [5.41, 5.74) is 3.71.